The lowest BCUT2D eigenvalue weighted by atomic mass is 9.45. The summed E-state index contributed by atoms with van der Waals surface area (Å²) in [6.07, 6.45) is 8.85. The Hall–Kier alpha value is -1.20. The zero-order valence-electron chi connectivity index (χ0n) is 19.1. The molecule has 0 unspecified atom stereocenters. The van der Waals surface area contributed by atoms with Crippen molar-refractivity contribution >= 4 is 15.9 Å². The van der Waals surface area contributed by atoms with Gasteiger partial charge in [-0.2, -0.15) is 8.42 Å². The highest BCUT2D eigenvalue weighted by atomic mass is 32.2. The first kappa shape index (κ1) is 21.6. The van der Waals surface area contributed by atoms with Gasteiger partial charge >= 0.3 is 0 Å². The van der Waals surface area contributed by atoms with Gasteiger partial charge < -0.3 is 0 Å². The zero-order valence-corrected chi connectivity index (χ0v) is 19.9. The molecule has 0 aromatic heterocycles. The number of carbonyl (C=O) groups is 1. The zero-order chi connectivity index (χ0) is 22.0. The van der Waals surface area contributed by atoms with Gasteiger partial charge in [0.2, 0.25) is 0 Å². The largest absolute Gasteiger partial charge is 0.299 e. The number of fused-ring (bicyclic) bond motifs is 5. The van der Waals surface area contributed by atoms with Gasteiger partial charge in [0.15, 0.2) is 0 Å². The molecule has 0 radical (unpaired) electrons. The van der Waals surface area contributed by atoms with Crippen molar-refractivity contribution in [2.24, 2.45) is 34.5 Å². The SMILES string of the molecule is Cc1ccc(S(=O)(=O)O[C@H]2CC[C@@]3(C)[C@H](CC[C@@H]4[C@@H]3CC[C@]3(C)C(=O)CC[C@@H]43)C2)cc1. The minimum absolute atomic E-state index is 0.0766. The van der Waals surface area contributed by atoms with Gasteiger partial charge in [-0.1, -0.05) is 31.5 Å². The fourth-order valence-corrected chi connectivity index (χ4v) is 9.13. The predicted octanol–water partition coefficient (Wildman–Crippen LogP) is 5.68. The third kappa shape index (κ3) is 3.42. The minimum atomic E-state index is -3.72. The highest BCUT2D eigenvalue weighted by molar-refractivity contribution is 7.86. The molecule has 5 rings (SSSR count). The first-order chi connectivity index (χ1) is 14.6. The Balaban J connectivity index is 1.30. The van der Waals surface area contributed by atoms with E-state index in [4.69, 9.17) is 4.18 Å². The van der Waals surface area contributed by atoms with E-state index in [2.05, 4.69) is 13.8 Å². The van der Waals surface area contributed by atoms with E-state index in [1.165, 1.54) is 6.42 Å². The van der Waals surface area contributed by atoms with Crippen molar-refractivity contribution in [2.75, 3.05) is 0 Å². The molecule has 7 atom stereocenters. The second-order valence-electron chi connectivity index (χ2n) is 11.3. The Morgan fingerprint density at radius 1 is 0.935 bits per heavy atom. The molecule has 31 heavy (non-hydrogen) atoms. The molecule has 1 aromatic rings. The van der Waals surface area contributed by atoms with Crippen LogP contribution in [0.25, 0.3) is 0 Å². The molecule has 4 fully saturated rings. The number of hydrogen-bond acceptors (Lipinski definition) is 4. The molecular weight excluding hydrogens is 408 g/mol. The van der Waals surface area contributed by atoms with Crippen LogP contribution in [-0.2, 0) is 19.1 Å². The van der Waals surface area contributed by atoms with Crippen LogP contribution in [0.1, 0.15) is 77.2 Å². The summed E-state index contributed by atoms with van der Waals surface area (Å²) in [7, 11) is -3.72. The molecule has 4 aliphatic rings. The predicted molar refractivity (Wildman–Crippen MR) is 120 cm³/mol. The van der Waals surface area contributed by atoms with E-state index in [1.807, 2.05) is 19.1 Å². The van der Waals surface area contributed by atoms with Crippen molar-refractivity contribution in [3.8, 4) is 0 Å². The van der Waals surface area contributed by atoms with Gasteiger partial charge in [-0.25, -0.2) is 0 Å². The third-order valence-electron chi connectivity index (χ3n) is 9.90. The fraction of sp³-hybridized carbons (Fsp3) is 0.731. The molecule has 4 aliphatic carbocycles. The van der Waals surface area contributed by atoms with Crippen LogP contribution in [0.3, 0.4) is 0 Å². The molecule has 0 saturated heterocycles. The van der Waals surface area contributed by atoms with Gasteiger partial charge in [0.1, 0.15) is 5.78 Å². The molecule has 5 heteroatoms. The summed E-state index contributed by atoms with van der Waals surface area (Å²) in [5.41, 5.74) is 1.22. The van der Waals surface area contributed by atoms with Crippen LogP contribution >= 0.6 is 0 Å². The first-order valence-electron chi connectivity index (χ1n) is 12.2. The van der Waals surface area contributed by atoms with Crippen LogP contribution in [0.4, 0.5) is 0 Å². The second-order valence-corrected chi connectivity index (χ2v) is 12.9. The lowest BCUT2D eigenvalue weighted by Crippen LogP contribution is -2.54. The van der Waals surface area contributed by atoms with Crippen LogP contribution in [0.5, 0.6) is 0 Å². The number of ketones is 1. The maximum Gasteiger partial charge on any atom is 0.297 e. The van der Waals surface area contributed by atoms with Crippen LogP contribution in [0.15, 0.2) is 29.2 Å². The molecule has 0 amide bonds. The van der Waals surface area contributed by atoms with Crippen LogP contribution < -0.4 is 0 Å². The summed E-state index contributed by atoms with van der Waals surface area (Å²) in [6.45, 7) is 6.64. The number of Topliss-reactive ketones (excluding diaryl/α,β-unsaturated/α-hetero) is 1. The summed E-state index contributed by atoms with van der Waals surface area (Å²) in [5.74, 6) is 2.92. The summed E-state index contributed by atoms with van der Waals surface area (Å²) in [5, 5.41) is 0. The molecule has 4 saturated carbocycles. The Morgan fingerprint density at radius 2 is 1.68 bits per heavy atom. The average Bonchev–Trinajstić information content (AvgIpc) is 3.03. The maximum absolute atomic E-state index is 12.8. The van der Waals surface area contributed by atoms with Gasteiger partial charge in [-0.05, 0) is 99.5 Å². The molecule has 0 heterocycles. The summed E-state index contributed by atoms with van der Waals surface area (Å²) in [6, 6.07) is 6.93. The molecule has 0 bridgehead atoms. The van der Waals surface area contributed by atoms with E-state index >= 15 is 0 Å². The van der Waals surface area contributed by atoms with Crippen molar-refractivity contribution in [1.29, 1.82) is 0 Å². The van der Waals surface area contributed by atoms with Crippen LogP contribution in [-0.4, -0.2) is 20.3 Å². The van der Waals surface area contributed by atoms with E-state index < -0.39 is 10.1 Å². The number of carbonyl (C=O) groups excluding carboxylic acids is 1. The number of benzene rings is 1. The lowest BCUT2D eigenvalue weighted by molar-refractivity contribution is -0.141. The smallest absolute Gasteiger partial charge is 0.297 e. The van der Waals surface area contributed by atoms with Crippen molar-refractivity contribution in [3.63, 3.8) is 0 Å². The highest BCUT2D eigenvalue weighted by Gasteiger charge is 2.60. The van der Waals surface area contributed by atoms with Crippen molar-refractivity contribution < 1.29 is 17.4 Å². The van der Waals surface area contributed by atoms with Gasteiger partial charge in [0.25, 0.3) is 10.1 Å². The Labute approximate surface area is 187 Å². The second kappa shape index (κ2) is 7.41. The van der Waals surface area contributed by atoms with Crippen LogP contribution in [0, 0.1) is 41.4 Å². The quantitative estimate of drug-likeness (QED) is 0.563. The Morgan fingerprint density at radius 3 is 2.42 bits per heavy atom. The van der Waals surface area contributed by atoms with E-state index in [0.717, 1.165) is 56.9 Å². The molecule has 0 spiro atoms. The third-order valence-corrected chi connectivity index (χ3v) is 11.3. The van der Waals surface area contributed by atoms with Gasteiger partial charge in [-0.15, -0.1) is 0 Å². The number of hydrogen-bond donors (Lipinski definition) is 0. The van der Waals surface area contributed by atoms with Crippen molar-refractivity contribution in [2.45, 2.75) is 89.6 Å². The molecular formula is C26H36O4S. The van der Waals surface area contributed by atoms with Crippen molar-refractivity contribution in [1.82, 2.24) is 0 Å². The topological polar surface area (TPSA) is 60.4 Å². The lowest BCUT2D eigenvalue weighted by Gasteiger charge is -2.60. The van der Waals surface area contributed by atoms with E-state index in [0.29, 0.717) is 29.5 Å². The number of aryl methyl sites for hydroxylation is 1. The summed E-state index contributed by atoms with van der Waals surface area (Å²) >= 11 is 0. The maximum atomic E-state index is 12.8. The van der Waals surface area contributed by atoms with E-state index in [1.54, 1.807) is 12.1 Å². The standard InChI is InChI=1S/C26H36O4S/c1-17-4-7-20(8-5-17)31(28,29)30-19-12-14-25(2)18(16-19)6-9-21-22-10-11-24(27)26(22,3)15-13-23(21)25/h4-5,7-8,18-19,21-23H,6,9-16H2,1-3H3/t18-,19+,21+,22+,23+,25+,26+/m1/s1. The van der Waals surface area contributed by atoms with Gasteiger partial charge in [0, 0.05) is 11.8 Å². The monoisotopic (exact) mass is 444 g/mol. The van der Waals surface area contributed by atoms with E-state index in [9.17, 15) is 13.2 Å². The van der Waals surface area contributed by atoms with Crippen LogP contribution in [0.2, 0.25) is 0 Å². The summed E-state index contributed by atoms with van der Waals surface area (Å²) in [4.78, 5) is 12.9. The molecule has 0 N–H and O–H groups in total. The van der Waals surface area contributed by atoms with Crippen molar-refractivity contribution in [3.05, 3.63) is 29.8 Å². The molecule has 170 valence electrons. The normalized spacial score (nSPS) is 42.5. The van der Waals surface area contributed by atoms with Gasteiger partial charge in [0.05, 0.1) is 11.0 Å². The molecule has 1 aromatic carbocycles. The number of rotatable bonds is 3. The van der Waals surface area contributed by atoms with Gasteiger partial charge in [-0.3, -0.25) is 8.98 Å². The molecule has 4 nitrogen and oxygen atoms in total. The molecule has 0 aliphatic heterocycles. The first-order valence-corrected chi connectivity index (χ1v) is 13.6. The summed E-state index contributed by atoms with van der Waals surface area (Å²) < 4.78 is 31.4. The highest BCUT2D eigenvalue weighted by Crippen LogP contribution is 2.65. The fourth-order valence-electron chi connectivity index (χ4n) is 8.02. The minimum Gasteiger partial charge on any atom is -0.299 e. The average molecular weight is 445 g/mol. The van der Waals surface area contributed by atoms with E-state index in [-0.39, 0.29) is 21.8 Å². The Bertz CT molecular complexity index is 968. The Kier molecular flexibility index (Phi) is 5.17.